The van der Waals surface area contributed by atoms with Crippen molar-refractivity contribution in [3.8, 4) is 0 Å². The Morgan fingerprint density at radius 2 is 1.84 bits per heavy atom. The van der Waals surface area contributed by atoms with Gasteiger partial charge in [0.15, 0.2) is 5.13 Å². The molecule has 0 radical (unpaired) electrons. The van der Waals surface area contributed by atoms with E-state index in [-0.39, 0.29) is 10.5 Å². The molecular weight excluding hydrogens is 362 g/mol. The second kappa shape index (κ2) is 5.64. The Bertz CT molecular complexity index is 1090. The molecule has 3 aromatic rings. The summed E-state index contributed by atoms with van der Waals surface area (Å²) in [5.41, 5.74) is 0.815. The van der Waals surface area contributed by atoms with Crippen molar-refractivity contribution in [1.29, 1.82) is 0 Å². The predicted molar refractivity (Wildman–Crippen MR) is 92.9 cm³/mol. The SMILES string of the molecule is O=C(CN1C(=O)c2ccccc2S1(=O)=O)Nc1nc2ccccc2s1. The quantitative estimate of drug-likeness (QED) is 0.758. The van der Waals surface area contributed by atoms with Gasteiger partial charge in [-0.15, -0.1) is 0 Å². The van der Waals surface area contributed by atoms with Crippen molar-refractivity contribution in [3.05, 3.63) is 54.1 Å². The Kier molecular flexibility index (Phi) is 3.55. The number of anilines is 1. The van der Waals surface area contributed by atoms with Crippen molar-refractivity contribution in [1.82, 2.24) is 9.29 Å². The number of fused-ring (bicyclic) bond motifs is 2. The first-order valence-electron chi connectivity index (χ1n) is 7.28. The van der Waals surface area contributed by atoms with Gasteiger partial charge in [0, 0.05) is 0 Å². The highest BCUT2D eigenvalue weighted by Gasteiger charge is 2.41. The van der Waals surface area contributed by atoms with Gasteiger partial charge in [-0.05, 0) is 24.3 Å². The molecule has 0 unspecified atom stereocenters. The van der Waals surface area contributed by atoms with Crippen LogP contribution in [0.5, 0.6) is 0 Å². The molecule has 0 saturated carbocycles. The number of amides is 2. The van der Waals surface area contributed by atoms with Gasteiger partial charge in [-0.3, -0.25) is 9.59 Å². The maximum absolute atomic E-state index is 12.4. The van der Waals surface area contributed by atoms with E-state index in [0.29, 0.717) is 9.44 Å². The van der Waals surface area contributed by atoms with Gasteiger partial charge in [0.05, 0.1) is 15.8 Å². The van der Waals surface area contributed by atoms with Crippen LogP contribution in [-0.4, -0.2) is 36.1 Å². The number of nitrogens with zero attached hydrogens (tertiary/aromatic N) is 2. The van der Waals surface area contributed by atoms with Crippen LogP contribution in [0.2, 0.25) is 0 Å². The van der Waals surface area contributed by atoms with Gasteiger partial charge >= 0.3 is 0 Å². The summed E-state index contributed by atoms with van der Waals surface area (Å²) in [6, 6.07) is 13.3. The van der Waals surface area contributed by atoms with Crippen molar-refractivity contribution >= 4 is 48.5 Å². The van der Waals surface area contributed by atoms with Crippen molar-refractivity contribution in [2.45, 2.75) is 4.90 Å². The van der Waals surface area contributed by atoms with Gasteiger partial charge in [0.25, 0.3) is 15.9 Å². The minimum absolute atomic E-state index is 0.0761. The molecule has 2 amide bonds. The number of carbonyl (C=O) groups excluding carboxylic acids is 2. The molecule has 0 aliphatic carbocycles. The maximum atomic E-state index is 12.4. The summed E-state index contributed by atoms with van der Waals surface area (Å²) in [4.78, 5) is 28.7. The van der Waals surface area contributed by atoms with E-state index in [1.807, 2.05) is 24.3 Å². The van der Waals surface area contributed by atoms with E-state index in [0.717, 1.165) is 10.2 Å². The monoisotopic (exact) mass is 373 g/mol. The third-order valence-corrected chi connectivity index (χ3v) is 6.48. The topological polar surface area (TPSA) is 96.4 Å². The number of thiazole rings is 1. The van der Waals surface area contributed by atoms with Crippen LogP contribution in [-0.2, 0) is 14.8 Å². The highest BCUT2D eigenvalue weighted by molar-refractivity contribution is 7.90. The van der Waals surface area contributed by atoms with E-state index in [1.165, 1.54) is 29.5 Å². The number of hydrogen-bond acceptors (Lipinski definition) is 6. The minimum Gasteiger partial charge on any atom is -0.300 e. The fourth-order valence-electron chi connectivity index (χ4n) is 2.60. The summed E-state index contributed by atoms with van der Waals surface area (Å²) < 4.78 is 26.4. The second-order valence-electron chi connectivity index (χ2n) is 5.35. The molecule has 1 aliphatic rings. The first-order chi connectivity index (χ1) is 12.0. The van der Waals surface area contributed by atoms with E-state index >= 15 is 0 Å². The zero-order chi connectivity index (χ0) is 17.6. The number of aromatic nitrogens is 1. The van der Waals surface area contributed by atoms with Crippen LogP contribution in [0.25, 0.3) is 10.2 Å². The van der Waals surface area contributed by atoms with Crippen LogP contribution in [0.1, 0.15) is 10.4 Å². The molecule has 2 heterocycles. The van der Waals surface area contributed by atoms with Crippen LogP contribution in [0.4, 0.5) is 5.13 Å². The Morgan fingerprint density at radius 3 is 2.60 bits per heavy atom. The first kappa shape index (κ1) is 15.7. The highest BCUT2D eigenvalue weighted by Crippen LogP contribution is 2.30. The molecule has 2 aromatic carbocycles. The fraction of sp³-hybridized carbons (Fsp3) is 0.0625. The predicted octanol–water partition coefficient (Wildman–Crippen LogP) is 2.08. The largest absolute Gasteiger partial charge is 0.300 e. The van der Waals surface area contributed by atoms with Crippen molar-refractivity contribution in [2.24, 2.45) is 0 Å². The van der Waals surface area contributed by atoms with Gasteiger partial charge in [-0.1, -0.05) is 35.6 Å². The molecule has 25 heavy (non-hydrogen) atoms. The lowest BCUT2D eigenvalue weighted by Crippen LogP contribution is -2.37. The summed E-state index contributed by atoms with van der Waals surface area (Å²) in [6.07, 6.45) is 0. The molecule has 0 atom stereocenters. The standard InChI is InChI=1S/C16H11N3O4S2/c20-14(18-16-17-11-6-2-3-7-12(11)24-16)9-19-15(21)10-5-1-4-8-13(10)25(19,22)23/h1-8H,9H2,(H,17,18,20). The lowest BCUT2D eigenvalue weighted by Gasteiger charge is -2.13. The van der Waals surface area contributed by atoms with Crippen LogP contribution < -0.4 is 5.32 Å². The number of para-hydroxylation sites is 1. The van der Waals surface area contributed by atoms with E-state index < -0.39 is 28.4 Å². The van der Waals surface area contributed by atoms with Crippen molar-refractivity contribution in [2.75, 3.05) is 11.9 Å². The Labute approximate surface area is 147 Å². The van der Waals surface area contributed by atoms with Gasteiger partial charge in [-0.2, -0.15) is 0 Å². The molecule has 7 nitrogen and oxygen atoms in total. The molecule has 0 bridgehead atoms. The van der Waals surface area contributed by atoms with E-state index in [9.17, 15) is 18.0 Å². The highest BCUT2D eigenvalue weighted by atomic mass is 32.2. The number of nitrogens with one attached hydrogen (secondary N) is 1. The van der Waals surface area contributed by atoms with Gasteiger partial charge < -0.3 is 5.32 Å². The summed E-state index contributed by atoms with van der Waals surface area (Å²) in [7, 11) is -4.00. The molecule has 4 rings (SSSR count). The average Bonchev–Trinajstić information content (AvgIpc) is 3.08. The molecule has 1 N–H and O–H groups in total. The Hall–Kier alpha value is -2.78. The van der Waals surface area contributed by atoms with Crippen LogP contribution in [0, 0.1) is 0 Å². The smallest absolute Gasteiger partial charge is 0.269 e. The average molecular weight is 373 g/mol. The number of benzene rings is 2. The fourth-order valence-corrected chi connectivity index (χ4v) is 5.01. The number of sulfonamides is 1. The van der Waals surface area contributed by atoms with Crippen molar-refractivity contribution in [3.63, 3.8) is 0 Å². The minimum atomic E-state index is -4.00. The lowest BCUT2D eigenvalue weighted by atomic mass is 10.2. The van der Waals surface area contributed by atoms with E-state index in [2.05, 4.69) is 10.3 Å². The summed E-state index contributed by atoms with van der Waals surface area (Å²) in [6.45, 7) is -0.591. The maximum Gasteiger partial charge on any atom is 0.269 e. The Morgan fingerprint density at radius 1 is 1.12 bits per heavy atom. The normalized spacial score (nSPS) is 15.4. The Balaban J connectivity index is 1.56. The third kappa shape index (κ3) is 2.57. The number of rotatable bonds is 3. The molecule has 0 spiro atoms. The van der Waals surface area contributed by atoms with E-state index in [4.69, 9.17) is 0 Å². The zero-order valence-electron chi connectivity index (χ0n) is 12.7. The second-order valence-corrected chi connectivity index (χ2v) is 8.21. The van der Waals surface area contributed by atoms with E-state index in [1.54, 1.807) is 6.07 Å². The first-order valence-corrected chi connectivity index (χ1v) is 9.54. The molecule has 9 heteroatoms. The molecule has 0 saturated heterocycles. The van der Waals surface area contributed by atoms with Crippen LogP contribution >= 0.6 is 11.3 Å². The van der Waals surface area contributed by atoms with Crippen LogP contribution in [0.3, 0.4) is 0 Å². The zero-order valence-corrected chi connectivity index (χ0v) is 14.3. The third-order valence-electron chi connectivity index (χ3n) is 3.74. The molecule has 0 fully saturated rings. The lowest BCUT2D eigenvalue weighted by molar-refractivity contribution is -0.116. The molecular formula is C16H11N3O4S2. The van der Waals surface area contributed by atoms with Gasteiger partial charge in [0.2, 0.25) is 5.91 Å². The number of hydrogen-bond donors (Lipinski definition) is 1. The number of carbonyl (C=O) groups is 2. The van der Waals surface area contributed by atoms with Gasteiger partial charge in [0.1, 0.15) is 11.4 Å². The summed E-state index contributed by atoms with van der Waals surface area (Å²) >= 11 is 1.28. The molecule has 1 aromatic heterocycles. The van der Waals surface area contributed by atoms with Crippen LogP contribution in [0.15, 0.2) is 53.4 Å². The van der Waals surface area contributed by atoms with Crippen molar-refractivity contribution < 1.29 is 18.0 Å². The summed E-state index contributed by atoms with van der Waals surface area (Å²) in [5, 5.41) is 2.91. The summed E-state index contributed by atoms with van der Waals surface area (Å²) in [5.74, 6) is -1.32. The molecule has 126 valence electrons. The van der Waals surface area contributed by atoms with Gasteiger partial charge in [-0.25, -0.2) is 17.7 Å². The molecule has 1 aliphatic heterocycles.